The number of rotatable bonds is 2. The predicted octanol–water partition coefficient (Wildman–Crippen LogP) is 1.89. The molecule has 0 saturated heterocycles. The van der Waals surface area contributed by atoms with Crippen molar-refractivity contribution in [2.75, 3.05) is 0 Å². The van der Waals surface area contributed by atoms with Crippen LogP contribution in [-0.2, 0) is 14.3 Å². The van der Waals surface area contributed by atoms with Crippen LogP contribution < -0.4 is 0 Å². The van der Waals surface area contributed by atoms with Crippen LogP contribution in [0, 0.1) is 0 Å². The number of cyclic esters (lactones) is 1. The smallest absolute Gasteiger partial charge is 0.346 e. The van der Waals surface area contributed by atoms with E-state index in [1.807, 2.05) is 0 Å². The molecule has 0 N–H and O–H groups in total. The molecule has 66 valence electrons. The van der Waals surface area contributed by atoms with E-state index in [2.05, 4.69) is 31.9 Å². The highest BCUT2D eigenvalue weighted by atomic mass is 79.9. The van der Waals surface area contributed by atoms with Crippen molar-refractivity contribution in [1.82, 2.24) is 0 Å². The van der Waals surface area contributed by atoms with Crippen LogP contribution in [0.1, 0.15) is 13.3 Å². The minimum atomic E-state index is -0.440. The van der Waals surface area contributed by atoms with Gasteiger partial charge < -0.3 is 4.74 Å². The first-order chi connectivity index (χ1) is 5.52. The van der Waals surface area contributed by atoms with Gasteiger partial charge in [0.25, 0.3) is 0 Å². The Bertz CT molecular complexity index is 270. The van der Waals surface area contributed by atoms with Gasteiger partial charge in [-0.3, -0.25) is 4.79 Å². The highest BCUT2D eigenvalue weighted by Gasteiger charge is 2.31. The van der Waals surface area contributed by atoms with Gasteiger partial charge in [-0.15, -0.1) is 0 Å². The van der Waals surface area contributed by atoms with Crippen LogP contribution in [0.3, 0.4) is 0 Å². The SMILES string of the molecule is CC(=O)CC1OC(=O)C(Br)=C1Br. The lowest BCUT2D eigenvalue weighted by Gasteiger charge is -2.06. The van der Waals surface area contributed by atoms with Gasteiger partial charge in [0, 0.05) is 6.42 Å². The van der Waals surface area contributed by atoms with Crippen molar-refractivity contribution in [2.24, 2.45) is 0 Å². The third-order valence-electron chi connectivity index (χ3n) is 1.39. The molecule has 1 atom stereocenters. The van der Waals surface area contributed by atoms with Crippen LogP contribution in [0.5, 0.6) is 0 Å². The molecule has 0 aromatic heterocycles. The van der Waals surface area contributed by atoms with Gasteiger partial charge >= 0.3 is 5.97 Å². The maximum atomic E-state index is 10.9. The molecule has 0 spiro atoms. The second kappa shape index (κ2) is 3.70. The third-order valence-corrected chi connectivity index (χ3v) is 3.58. The van der Waals surface area contributed by atoms with E-state index in [0.717, 1.165) is 0 Å². The van der Waals surface area contributed by atoms with Gasteiger partial charge in [-0.25, -0.2) is 4.79 Å². The number of ketones is 1. The van der Waals surface area contributed by atoms with Crippen molar-refractivity contribution in [2.45, 2.75) is 19.4 Å². The lowest BCUT2D eigenvalue weighted by Crippen LogP contribution is -2.13. The minimum absolute atomic E-state index is 0.00745. The molecule has 0 radical (unpaired) electrons. The van der Waals surface area contributed by atoms with E-state index < -0.39 is 12.1 Å². The summed E-state index contributed by atoms with van der Waals surface area (Å²) in [4.78, 5) is 21.6. The summed E-state index contributed by atoms with van der Waals surface area (Å²) >= 11 is 6.22. The monoisotopic (exact) mass is 296 g/mol. The molecule has 0 amide bonds. The second-order valence-corrected chi connectivity index (χ2v) is 4.11. The Morgan fingerprint density at radius 3 is 2.50 bits per heavy atom. The number of ether oxygens (including phenoxy) is 1. The molecule has 0 aromatic rings. The number of Topliss-reactive ketones (excluding diaryl/α,β-unsaturated/α-hetero) is 1. The number of halogens is 2. The molecule has 1 heterocycles. The molecular formula is C7H6Br2O3. The highest BCUT2D eigenvalue weighted by molar-refractivity contribution is 9.14. The molecule has 1 unspecified atom stereocenters. The van der Waals surface area contributed by atoms with Gasteiger partial charge in [0.2, 0.25) is 0 Å². The average Bonchev–Trinajstić information content (AvgIpc) is 2.17. The zero-order chi connectivity index (χ0) is 9.30. The first-order valence-corrected chi connectivity index (χ1v) is 4.86. The van der Waals surface area contributed by atoms with Crippen molar-refractivity contribution in [3.63, 3.8) is 0 Å². The summed E-state index contributed by atoms with van der Waals surface area (Å²) in [6.07, 6.45) is -0.217. The Morgan fingerprint density at radius 2 is 2.17 bits per heavy atom. The molecule has 1 aliphatic rings. The van der Waals surface area contributed by atoms with E-state index in [-0.39, 0.29) is 12.2 Å². The number of carbonyl (C=O) groups is 2. The first kappa shape index (κ1) is 9.92. The van der Waals surface area contributed by atoms with Gasteiger partial charge in [-0.1, -0.05) is 15.9 Å². The number of hydrogen-bond donors (Lipinski definition) is 0. The van der Waals surface area contributed by atoms with E-state index in [1.54, 1.807) is 0 Å². The lowest BCUT2D eigenvalue weighted by molar-refractivity contribution is -0.139. The van der Waals surface area contributed by atoms with Crippen molar-refractivity contribution in [3.8, 4) is 0 Å². The lowest BCUT2D eigenvalue weighted by atomic mass is 10.2. The molecule has 1 aliphatic heterocycles. The second-order valence-electron chi connectivity index (χ2n) is 2.46. The molecule has 0 saturated carbocycles. The fraction of sp³-hybridized carbons (Fsp3) is 0.429. The third kappa shape index (κ3) is 1.95. The van der Waals surface area contributed by atoms with Crippen LogP contribution in [0.4, 0.5) is 0 Å². The standard InChI is InChI=1S/C7H6Br2O3/c1-3(10)2-4-5(8)6(9)7(11)12-4/h4H,2H2,1H3. The molecule has 0 fully saturated rings. The van der Waals surface area contributed by atoms with Crippen molar-refractivity contribution < 1.29 is 14.3 Å². The van der Waals surface area contributed by atoms with E-state index >= 15 is 0 Å². The summed E-state index contributed by atoms with van der Waals surface area (Å²) < 4.78 is 5.85. The van der Waals surface area contributed by atoms with Gasteiger partial charge in [0.1, 0.15) is 16.4 Å². The van der Waals surface area contributed by atoms with Crippen LogP contribution in [-0.4, -0.2) is 17.9 Å². The van der Waals surface area contributed by atoms with Gasteiger partial charge in [0.15, 0.2) is 0 Å². The quantitative estimate of drug-likeness (QED) is 0.731. The zero-order valence-electron chi connectivity index (χ0n) is 6.27. The maximum Gasteiger partial charge on any atom is 0.346 e. The Labute approximate surface area is 86.4 Å². The zero-order valence-corrected chi connectivity index (χ0v) is 9.44. The molecule has 12 heavy (non-hydrogen) atoms. The molecule has 0 aromatic carbocycles. The van der Waals surface area contributed by atoms with Crippen LogP contribution >= 0.6 is 31.9 Å². The molecule has 1 rings (SSSR count). The van der Waals surface area contributed by atoms with Crippen molar-refractivity contribution in [1.29, 1.82) is 0 Å². The summed E-state index contributed by atoms with van der Waals surface area (Å²) in [5.41, 5.74) is 0. The molecular weight excluding hydrogens is 292 g/mol. The van der Waals surface area contributed by atoms with Crippen LogP contribution in [0.25, 0.3) is 0 Å². The van der Waals surface area contributed by atoms with Gasteiger partial charge in [-0.2, -0.15) is 0 Å². The summed E-state index contributed by atoms with van der Waals surface area (Å²) in [6, 6.07) is 0. The Hall–Kier alpha value is -0.160. The number of esters is 1. The Morgan fingerprint density at radius 1 is 1.58 bits per heavy atom. The summed E-state index contributed by atoms with van der Waals surface area (Å²) in [5.74, 6) is -0.430. The number of carbonyl (C=O) groups excluding carboxylic acids is 2. The molecule has 0 bridgehead atoms. The summed E-state index contributed by atoms with van der Waals surface area (Å²) in [5, 5.41) is 0. The van der Waals surface area contributed by atoms with E-state index in [0.29, 0.717) is 8.96 Å². The molecule has 0 aliphatic carbocycles. The fourth-order valence-corrected chi connectivity index (χ4v) is 1.63. The largest absolute Gasteiger partial charge is 0.452 e. The topological polar surface area (TPSA) is 43.4 Å². The fourth-order valence-electron chi connectivity index (χ4n) is 0.864. The first-order valence-electron chi connectivity index (χ1n) is 3.28. The number of hydrogen-bond acceptors (Lipinski definition) is 3. The van der Waals surface area contributed by atoms with Crippen LogP contribution in [0.15, 0.2) is 8.96 Å². The molecule has 5 heteroatoms. The van der Waals surface area contributed by atoms with Crippen molar-refractivity contribution in [3.05, 3.63) is 8.96 Å². The van der Waals surface area contributed by atoms with E-state index in [1.165, 1.54) is 6.92 Å². The summed E-state index contributed by atoms with van der Waals surface area (Å²) in [7, 11) is 0. The van der Waals surface area contributed by atoms with E-state index in [4.69, 9.17) is 4.74 Å². The highest BCUT2D eigenvalue weighted by Crippen LogP contribution is 2.32. The summed E-state index contributed by atoms with van der Waals surface area (Å²) in [6.45, 7) is 1.46. The van der Waals surface area contributed by atoms with E-state index in [9.17, 15) is 9.59 Å². The van der Waals surface area contributed by atoms with Gasteiger partial charge in [-0.05, 0) is 22.9 Å². The van der Waals surface area contributed by atoms with Crippen LogP contribution in [0.2, 0.25) is 0 Å². The maximum absolute atomic E-state index is 10.9. The Kier molecular flexibility index (Phi) is 3.06. The Balaban J connectivity index is 2.73. The molecule has 3 nitrogen and oxygen atoms in total. The van der Waals surface area contributed by atoms with Gasteiger partial charge in [0.05, 0.1) is 4.48 Å². The minimum Gasteiger partial charge on any atom is -0.452 e. The average molecular weight is 298 g/mol. The predicted molar refractivity (Wildman–Crippen MR) is 50.1 cm³/mol. The normalized spacial score (nSPS) is 22.9. The van der Waals surface area contributed by atoms with Crippen molar-refractivity contribution >= 4 is 43.6 Å².